The normalized spacial score (nSPS) is 16.0. The molecule has 0 bridgehead atoms. The van der Waals surface area contributed by atoms with Gasteiger partial charge in [-0.15, -0.1) is 0 Å². The van der Waals surface area contributed by atoms with Crippen LogP contribution in [0.2, 0.25) is 0 Å². The molecule has 0 radical (unpaired) electrons. The van der Waals surface area contributed by atoms with Gasteiger partial charge in [0.25, 0.3) is 0 Å². The average Bonchev–Trinajstić information content (AvgIpc) is 2.67. The van der Waals surface area contributed by atoms with E-state index in [0.29, 0.717) is 12.4 Å². The van der Waals surface area contributed by atoms with Crippen molar-refractivity contribution in [1.82, 2.24) is 5.32 Å². The maximum atomic E-state index is 10.2. The zero-order valence-electron chi connectivity index (χ0n) is 15.6. The summed E-state index contributed by atoms with van der Waals surface area (Å²) in [6, 6.07) is 22.6. The highest BCUT2D eigenvalue weighted by Gasteiger charge is 2.20. The molecule has 0 aliphatic carbocycles. The van der Waals surface area contributed by atoms with Crippen LogP contribution < -0.4 is 10.1 Å². The highest BCUT2D eigenvalue weighted by Crippen LogP contribution is 2.30. The number of phenols is 1. The van der Waals surface area contributed by atoms with E-state index >= 15 is 0 Å². The predicted molar refractivity (Wildman–Crippen MR) is 108 cm³/mol. The lowest BCUT2D eigenvalue weighted by Gasteiger charge is -2.27. The van der Waals surface area contributed by atoms with Gasteiger partial charge in [-0.1, -0.05) is 54.1 Å². The van der Waals surface area contributed by atoms with Gasteiger partial charge < -0.3 is 15.2 Å². The molecule has 1 aliphatic rings. The van der Waals surface area contributed by atoms with Gasteiger partial charge in [0, 0.05) is 12.1 Å². The van der Waals surface area contributed by atoms with Crippen molar-refractivity contribution in [3.63, 3.8) is 0 Å². The average molecular weight is 359 g/mol. The van der Waals surface area contributed by atoms with E-state index < -0.39 is 0 Å². The summed E-state index contributed by atoms with van der Waals surface area (Å²) < 4.78 is 5.91. The second-order valence-electron chi connectivity index (χ2n) is 7.27. The maximum absolute atomic E-state index is 10.2. The first-order valence-corrected chi connectivity index (χ1v) is 9.50. The number of ether oxygens (including phenoxy) is 1. The number of fused-ring (bicyclic) bond motifs is 1. The van der Waals surface area contributed by atoms with Crippen LogP contribution in [0.4, 0.5) is 0 Å². The van der Waals surface area contributed by atoms with Gasteiger partial charge in [-0.25, -0.2) is 0 Å². The first-order chi connectivity index (χ1) is 13.2. The van der Waals surface area contributed by atoms with Gasteiger partial charge in [0.1, 0.15) is 18.1 Å². The molecule has 138 valence electrons. The molecule has 0 fully saturated rings. The minimum Gasteiger partial charge on any atom is -0.508 e. The Morgan fingerprint density at radius 2 is 1.85 bits per heavy atom. The second kappa shape index (κ2) is 7.85. The number of hydrogen-bond acceptors (Lipinski definition) is 3. The van der Waals surface area contributed by atoms with Crippen LogP contribution in [0.3, 0.4) is 0 Å². The van der Waals surface area contributed by atoms with Crippen molar-refractivity contribution in [2.45, 2.75) is 32.4 Å². The van der Waals surface area contributed by atoms with Crippen molar-refractivity contribution >= 4 is 0 Å². The summed E-state index contributed by atoms with van der Waals surface area (Å²) >= 11 is 0. The van der Waals surface area contributed by atoms with Crippen LogP contribution in [0.1, 0.15) is 33.9 Å². The molecule has 0 saturated heterocycles. The number of phenolic OH excluding ortho intramolecular Hbond substituents is 1. The Kier molecular flexibility index (Phi) is 5.12. The van der Waals surface area contributed by atoms with E-state index in [9.17, 15) is 5.11 Å². The van der Waals surface area contributed by atoms with Crippen molar-refractivity contribution in [3.8, 4) is 11.5 Å². The highest BCUT2D eigenvalue weighted by atomic mass is 16.5. The van der Waals surface area contributed by atoms with Crippen LogP contribution in [-0.4, -0.2) is 11.7 Å². The van der Waals surface area contributed by atoms with Gasteiger partial charge >= 0.3 is 0 Å². The number of aromatic hydroxyl groups is 1. The van der Waals surface area contributed by atoms with Gasteiger partial charge in [-0.05, 0) is 60.7 Å². The van der Waals surface area contributed by atoms with Crippen LogP contribution in [0.15, 0.2) is 66.7 Å². The van der Waals surface area contributed by atoms with E-state index in [0.717, 1.165) is 30.5 Å². The molecular formula is C24H25NO2. The highest BCUT2D eigenvalue weighted by molar-refractivity contribution is 5.41. The number of hydrogen-bond donors (Lipinski definition) is 2. The minimum atomic E-state index is 0.246. The number of nitrogens with one attached hydrogen (secondary N) is 1. The van der Waals surface area contributed by atoms with Crippen LogP contribution in [0.25, 0.3) is 0 Å². The standard InChI is InChI=1S/C24H25NO2/c1-17-7-8-23-20(11-17)9-10-25-24(23)14-19-12-21(26)15-22(13-19)27-16-18-5-3-2-4-6-18/h2-8,11-13,15,24-26H,9-10,14,16H2,1H3. The van der Waals surface area contributed by atoms with Crippen LogP contribution in [0, 0.1) is 6.92 Å². The Balaban J connectivity index is 1.51. The first-order valence-electron chi connectivity index (χ1n) is 9.50. The van der Waals surface area contributed by atoms with Crippen LogP contribution in [0.5, 0.6) is 11.5 Å². The molecule has 4 rings (SSSR count). The number of aryl methyl sites for hydroxylation is 1. The molecule has 1 heterocycles. The Bertz CT molecular complexity index is 921. The lowest BCUT2D eigenvalue weighted by atomic mass is 9.89. The zero-order valence-corrected chi connectivity index (χ0v) is 15.6. The van der Waals surface area contributed by atoms with Gasteiger partial charge in [-0.2, -0.15) is 0 Å². The van der Waals surface area contributed by atoms with Gasteiger partial charge in [0.15, 0.2) is 0 Å². The molecule has 3 heteroatoms. The Morgan fingerprint density at radius 3 is 2.70 bits per heavy atom. The zero-order chi connectivity index (χ0) is 18.6. The van der Waals surface area contributed by atoms with Gasteiger partial charge in [0.2, 0.25) is 0 Å². The number of rotatable bonds is 5. The molecule has 1 atom stereocenters. The van der Waals surface area contributed by atoms with E-state index in [1.165, 1.54) is 16.7 Å². The van der Waals surface area contributed by atoms with Crippen molar-refractivity contribution in [2.24, 2.45) is 0 Å². The lowest BCUT2D eigenvalue weighted by Crippen LogP contribution is -2.31. The quantitative estimate of drug-likeness (QED) is 0.693. The smallest absolute Gasteiger partial charge is 0.123 e. The maximum Gasteiger partial charge on any atom is 0.123 e. The molecule has 3 aromatic rings. The summed E-state index contributed by atoms with van der Waals surface area (Å²) in [7, 11) is 0. The molecule has 0 amide bonds. The van der Waals surface area contributed by atoms with Crippen molar-refractivity contribution in [3.05, 3.63) is 94.5 Å². The van der Waals surface area contributed by atoms with E-state index in [4.69, 9.17) is 4.74 Å². The SMILES string of the molecule is Cc1ccc2c(c1)CCNC2Cc1cc(O)cc(OCc2ccccc2)c1. The van der Waals surface area contributed by atoms with Crippen LogP contribution in [-0.2, 0) is 19.4 Å². The van der Waals surface area contributed by atoms with E-state index in [2.05, 4.69) is 30.4 Å². The van der Waals surface area contributed by atoms with Crippen LogP contribution >= 0.6 is 0 Å². The Hall–Kier alpha value is -2.78. The topological polar surface area (TPSA) is 41.5 Å². The molecule has 3 nitrogen and oxygen atoms in total. The summed E-state index contributed by atoms with van der Waals surface area (Å²) in [4.78, 5) is 0. The minimum absolute atomic E-state index is 0.246. The summed E-state index contributed by atoms with van der Waals surface area (Å²) in [5, 5.41) is 13.8. The fourth-order valence-corrected chi connectivity index (χ4v) is 3.79. The van der Waals surface area contributed by atoms with Crippen molar-refractivity contribution < 1.29 is 9.84 Å². The predicted octanol–water partition coefficient (Wildman–Crippen LogP) is 4.71. The van der Waals surface area contributed by atoms with Gasteiger partial charge in [0.05, 0.1) is 0 Å². The van der Waals surface area contributed by atoms with Gasteiger partial charge in [-0.3, -0.25) is 0 Å². The third-order valence-electron chi connectivity index (χ3n) is 5.10. The largest absolute Gasteiger partial charge is 0.508 e. The molecule has 2 N–H and O–H groups in total. The molecule has 3 aromatic carbocycles. The lowest BCUT2D eigenvalue weighted by molar-refractivity contribution is 0.304. The molecule has 0 spiro atoms. The third-order valence-corrected chi connectivity index (χ3v) is 5.10. The molecule has 0 aromatic heterocycles. The number of benzene rings is 3. The summed E-state index contributed by atoms with van der Waals surface area (Å²) in [5.74, 6) is 0.948. The molecule has 27 heavy (non-hydrogen) atoms. The van der Waals surface area contributed by atoms with Crippen molar-refractivity contribution in [1.29, 1.82) is 0 Å². The fourth-order valence-electron chi connectivity index (χ4n) is 3.79. The third kappa shape index (κ3) is 4.32. The Morgan fingerprint density at radius 1 is 1.00 bits per heavy atom. The molecule has 0 saturated carbocycles. The molecular weight excluding hydrogens is 334 g/mol. The fraction of sp³-hybridized carbons (Fsp3) is 0.250. The second-order valence-corrected chi connectivity index (χ2v) is 7.27. The van der Waals surface area contributed by atoms with E-state index in [1.807, 2.05) is 42.5 Å². The summed E-state index contributed by atoms with van der Waals surface area (Å²) in [6.45, 7) is 3.62. The van der Waals surface area contributed by atoms with Crippen molar-refractivity contribution in [2.75, 3.05) is 6.54 Å². The van der Waals surface area contributed by atoms with E-state index in [1.54, 1.807) is 6.07 Å². The molecule has 1 unspecified atom stereocenters. The Labute approximate surface area is 160 Å². The van der Waals surface area contributed by atoms with E-state index in [-0.39, 0.29) is 11.8 Å². The summed E-state index contributed by atoms with van der Waals surface area (Å²) in [6.07, 6.45) is 1.89. The first kappa shape index (κ1) is 17.6. The monoisotopic (exact) mass is 359 g/mol. The summed E-state index contributed by atoms with van der Waals surface area (Å²) in [5.41, 5.74) is 6.29. The molecule has 1 aliphatic heterocycles.